The summed E-state index contributed by atoms with van der Waals surface area (Å²) in [6.07, 6.45) is 1.01. The van der Waals surface area contributed by atoms with Crippen LogP contribution in [0.4, 0.5) is 11.4 Å². The zero-order chi connectivity index (χ0) is 11.3. The van der Waals surface area contributed by atoms with E-state index in [0.717, 1.165) is 24.3 Å². The summed E-state index contributed by atoms with van der Waals surface area (Å²) in [4.78, 5) is 2.07. The number of nitriles is 1. The standard InChI is InChI=1S/C12H17N3/c1-3-7-15(10(2)9-13)12-6-4-5-11(14)8-12/h4-6,8,10H,3,7,14H2,1-2H3. The van der Waals surface area contributed by atoms with E-state index in [4.69, 9.17) is 11.0 Å². The molecule has 0 aliphatic carbocycles. The van der Waals surface area contributed by atoms with E-state index in [1.807, 2.05) is 31.2 Å². The second kappa shape index (κ2) is 5.26. The molecule has 0 aromatic heterocycles. The van der Waals surface area contributed by atoms with Gasteiger partial charge in [-0.25, -0.2) is 0 Å². The van der Waals surface area contributed by atoms with Gasteiger partial charge in [0.1, 0.15) is 6.04 Å². The Kier molecular flexibility index (Phi) is 3.99. The van der Waals surface area contributed by atoms with Gasteiger partial charge in [-0.05, 0) is 31.5 Å². The van der Waals surface area contributed by atoms with Crippen LogP contribution in [0.1, 0.15) is 20.3 Å². The van der Waals surface area contributed by atoms with Gasteiger partial charge in [0.15, 0.2) is 0 Å². The van der Waals surface area contributed by atoms with Gasteiger partial charge in [0, 0.05) is 17.9 Å². The monoisotopic (exact) mass is 203 g/mol. The van der Waals surface area contributed by atoms with Gasteiger partial charge in [-0.2, -0.15) is 5.26 Å². The molecule has 0 radical (unpaired) electrons. The fourth-order valence-electron chi connectivity index (χ4n) is 1.56. The van der Waals surface area contributed by atoms with E-state index in [1.54, 1.807) is 0 Å². The van der Waals surface area contributed by atoms with Crippen molar-refractivity contribution in [3.05, 3.63) is 24.3 Å². The summed E-state index contributed by atoms with van der Waals surface area (Å²) in [6, 6.07) is 9.79. The van der Waals surface area contributed by atoms with Crippen molar-refractivity contribution < 1.29 is 0 Å². The van der Waals surface area contributed by atoms with Crippen LogP contribution in [0.5, 0.6) is 0 Å². The number of hydrogen-bond donors (Lipinski definition) is 1. The van der Waals surface area contributed by atoms with Crippen LogP contribution in [0.3, 0.4) is 0 Å². The minimum Gasteiger partial charge on any atom is -0.399 e. The Morgan fingerprint density at radius 1 is 1.53 bits per heavy atom. The number of rotatable bonds is 4. The SMILES string of the molecule is CCCN(c1cccc(N)c1)C(C)C#N. The highest BCUT2D eigenvalue weighted by atomic mass is 15.2. The van der Waals surface area contributed by atoms with E-state index >= 15 is 0 Å². The molecule has 1 aromatic carbocycles. The zero-order valence-corrected chi connectivity index (χ0v) is 9.27. The molecular weight excluding hydrogens is 186 g/mol. The minimum absolute atomic E-state index is 0.119. The topological polar surface area (TPSA) is 53.0 Å². The Bertz CT molecular complexity index is 354. The lowest BCUT2D eigenvalue weighted by molar-refractivity contribution is 0.722. The molecule has 1 unspecified atom stereocenters. The second-order valence-electron chi connectivity index (χ2n) is 3.59. The molecule has 2 N–H and O–H groups in total. The molecule has 0 bridgehead atoms. The van der Waals surface area contributed by atoms with Crippen molar-refractivity contribution in [2.24, 2.45) is 0 Å². The fourth-order valence-corrected chi connectivity index (χ4v) is 1.56. The minimum atomic E-state index is -0.119. The predicted octanol–water partition coefficient (Wildman–Crippen LogP) is 2.40. The number of nitrogens with zero attached hydrogens (tertiary/aromatic N) is 2. The molecule has 0 spiro atoms. The van der Waals surface area contributed by atoms with Gasteiger partial charge in [0.05, 0.1) is 6.07 Å². The smallest absolute Gasteiger partial charge is 0.114 e. The molecule has 3 nitrogen and oxygen atoms in total. The maximum Gasteiger partial charge on any atom is 0.114 e. The Hall–Kier alpha value is -1.69. The first-order valence-electron chi connectivity index (χ1n) is 5.20. The lowest BCUT2D eigenvalue weighted by atomic mass is 10.2. The Morgan fingerprint density at radius 2 is 2.27 bits per heavy atom. The normalized spacial score (nSPS) is 11.8. The van der Waals surface area contributed by atoms with Gasteiger partial charge in [0.25, 0.3) is 0 Å². The van der Waals surface area contributed by atoms with Crippen LogP contribution in [0.15, 0.2) is 24.3 Å². The Labute approximate surface area is 91.1 Å². The van der Waals surface area contributed by atoms with E-state index < -0.39 is 0 Å². The number of hydrogen-bond acceptors (Lipinski definition) is 3. The van der Waals surface area contributed by atoms with E-state index in [1.165, 1.54) is 0 Å². The maximum atomic E-state index is 8.94. The molecule has 0 saturated heterocycles. The molecule has 0 amide bonds. The van der Waals surface area contributed by atoms with Crippen LogP contribution in [-0.4, -0.2) is 12.6 Å². The van der Waals surface area contributed by atoms with Crippen LogP contribution in [-0.2, 0) is 0 Å². The molecule has 0 fully saturated rings. The largest absolute Gasteiger partial charge is 0.399 e. The van der Waals surface area contributed by atoms with E-state index in [-0.39, 0.29) is 6.04 Å². The summed E-state index contributed by atoms with van der Waals surface area (Å²) in [5.41, 5.74) is 7.48. The van der Waals surface area contributed by atoms with Crippen molar-refractivity contribution in [3.63, 3.8) is 0 Å². The van der Waals surface area contributed by atoms with Crippen LogP contribution < -0.4 is 10.6 Å². The second-order valence-corrected chi connectivity index (χ2v) is 3.59. The summed E-state index contributed by atoms with van der Waals surface area (Å²) < 4.78 is 0. The van der Waals surface area contributed by atoms with Gasteiger partial charge in [-0.3, -0.25) is 0 Å². The lowest BCUT2D eigenvalue weighted by Crippen LogP contribution is -2.32. The highest BCUT2D eigenvalue weighted by molar-refractivity contribution is 5.57. The first kappa shape index (κ1) is 11.4. The van der Waals surface area contributed by atoms with Gasteiger partial charge in [-0.1, -0.05) is 13.0 Å². The summed E-state index contributed by atoms with van der Waals surface area (Å²) in [5.74, 6) is 0. The molecule has 1 atom stereocenters. The summed E-state index contributed by atoms with van der Waals surface area (Å²) >= 11 is 0. The Morgan fingerprint density at radius 3 is 2.80 bits per heavy atom. The van der Waals surface area contributed by atoms with E-state index in [2.05, 4.69) is 17.9 Å². The average molecular weight is 203 g/mol. The van der Waals surface area contributed by atoms with Crippen molar-refractivity contribution >= 4 is 11.4 Å². The molecule has 0 aliphatic rings. The number of nitrogen functional groups attached to an aromatic ring is 1. The van der Waals surface area contributed by atoms with Crippen LogP contribution in [0.2, 0.25) is 0 Å². The third-order valence-electron chi connectivity index (χ3n) is 2.32. The van der Waals surface area contributed by atoms with Crippen molar-refractivity contribution in [1.82, 2.24) is 0 Å². The molecule has 0 saturated carbocycles. The van der Waals surface area contributed by atoms with Crippen molar-refractivity contribution in [2.75, 3.05) is 17.2 Å². The average Bonchev–Trinajstić information content (AvgIpc) is 2.25. The molecule has 0 heterocycles. The molecule has 3 heteroatoms. The van der Waals surface area contributed by atoms with Crippen molar-refractivity contribution in [2.45, 2.75) is 26.3 Å². The van der Waals surface area contributed by atoms with Crippen LogP contribution in [0, 0.1) is 11.3 Å². The van der Waals surface area contributed by atoms with Gasteiger partial charge >= 0.3 is 0 Å². The van der Waals surface area contributed by atoms with Crippen LogP contribution >= 0.6 is 0 Å². The summed E-state index contributed by atoms with van der Waals surface area (Å²) in [5, 5.41) is 8.94. The maximum absolute atomic E-state index is 8.94. The predicted molar refractivity (Wildman–Crippen MR) is 63.6 cm³/mol. The summed E-state index contributed by atoms with van der Waals surface area (Å²) in [7, 11) is 0. The number of nitrogens with two attached hydrogens (primary N) is 1. The van der Waals surface area contributed by atoms with Crippen molar-refractivity contribution in [3.8, 4) is 6.07 Å². The van der Waals surface area contributed by atoms with E-state index in [0.29, 0.717) is 0 Å². The van der Waals surface area contributed by atoms with Gasteiger partial charge in [-0.15, -0.1) is 0 Å². The highest BCUT2D eigenvalue weighted by Crippen LogP contribution is 2.19. The van der Waals surface area contributed by atoms with Gasteiger partial charge < -0.3 is 10.6 Å². The molecule has 80 valence electrons. The number of benzene rings is 1. The zero-order valence-electron chi connectivity index (χ0n) is 9.27. The first-order valence-corrected chi connectivity index (χ1v) is 5.20. The van der Waals surface area contributed by atoms with Crippen LogP contribution in [0.25, 0.3) is 0 Å². The molecular formula is C12H17N3. The molecule has 15 heavy (non-hydrogen) atoms. The van der Waals surface area contributed by atoms with Gasteiger partial charge in [0.2, 0.25) is 0 Å². The third-order valence-corrected chi connectivity index (χ3v) is 2.32. The quantitative estimate of drug-likeness (QED) is 0.764. The summed E-state index contributed by atoms with van der Waals surface area (Å²) in [6.45, 7) is 4.88. The molecule has 0 aliphatic heterocycles. The molecule has 1 rings (SSSR count). The van der Waals surface area contributed by atoms with E-state index in [9.17, 15) is 0 Å². The fraction of sp³-hybridized carbons (Fsp3) is 0.417. The Balaban J connectivity index is 2.94. The third kappa shape index (κ3) is 2.88. The lowest BCUT2D eigenvalue weighted by Gasteiger charge is -2.26. The molecule has 1 aromatic rings. The number of anilines is 2. The highest BCUT2D eigenvalue weighted by Gasteiger charge is 2.12. The van der Waals surface area contributed by atoms with Crippen molar-refractivity contribution in [1.29, 1.82) is 5.26 Å². The first-order chi connectivity index (χ1) is 7.19.